The maximum Gasteiger partial charge on any atom is 0.220 e. The second kappa shape index (κ2) is 43.6. The van der Waals surface area contributed by atoms with E-state index in [1.165, 1.54) is 38.5 Å². The average Bonchev–Trinajstić information content (AvgIpc) is 3.50. The van der Waals surface area contributed by atoms with Crippen molar-refractivity contribution in [1.82, 2.24) is 5.32 Å². The first-order valence-electron chi connectivity index (χ1n) is 29.8. The molecule has 0 radical (unpaired) electrons. The van der Waals surface area contributed by atoms with Crippen LogP contribution in [0.25, 0.3) is 0 Å². The highest BCUT2D eigenvalue weighted by molar-refractivity contribution is 5.76. The average molecular weight is 1140 g/mol. The molecule has 3 aliphatic rings. The van der Waals surface area contributed by atoms with Crippen LogP contribution in [0.4, 0.5) is 0 Å². The Morgan fingerprint density at radius 3 is 1.40 bits per heavy atom. The van der Waals surface area contributed by atoms with Crippen molar-refractivity contribution in [3.05, 3.63) is 85.1 Å². The molecule has 460 valence electrons. The first-order valence-corrected chi connectivity index (χ1v) is 29.8. The summed E-state index contributed by atoms with van der Waals surface area (Å²) in [5, 5.41) is 120. The lowest BCUT2D eigenvalue weighted by atomic mass is 9.96. The number of aliphatic hydroxyl groups is 11. The van der Waals surface area contributed by atoms with E-state index in [-0.39, 0.29) is 18.9 Å². The van der Waals surface area contributed by atoms with Crippen molar-refractivity contribution in [2.75, 3.05) is 26.4 Å². The summed E-state index contributed by atoms with van der Waals surface area (Å²) >= 11 is 0. The van der Waals surface area contributed by atoms with Gasteiger partial charge in [-0.25, -0.2) is 0 Å². The molecule has 3 saturated heterocycles. The predicted octanol–water partition coefficient (Wildman–Crippen LogP) is 5.20. The van der Waals surface area contributed by atoms with Crippen molar-refractivity contribution in [2.45, 2.75) is 266 Å². The second-order valence-corrected chi connectivity index (χ2v) is 21.1. The van der Waals surface area contributed by atoms with Gasteiger partial charge in [-0.15, -0.1) is 0 Å². The van der Waals surface area contributed by atoms with Gasteiger partial charge in [-0.3, -0.25) is 4.79 Å². The zero-order valence-electron chi connectivity index (χ0n) is 47.8. The molecular weight excluding hydrogens is 1030 g/mol. The number of amides is 1. The van der Waals surface area contributed by atoms with E-state index in [0.717, 1.165) is 89.9 Å². The molecule has 3 heterocycles. The molecule has 3 aliphatic heterocycles. The molecule has 17 unspecified atom stereocenters. The Morgan fingerprint density at radius 1 is 0.463 bits per heavy atom. The third-order valence-corrected chi connectivity index (χ3v) is 14.4. The third kappa shape index (κ3) is 27.1. The number of aliphatic hydroxyl groups excluding tert-OH is 11. The lowest BCUT2D eigenvalue weighted by Gasteiger charge is -2.48. The number of carbonyl (C=O) groups is 1. The molecule has 0 aliphatic carbocycles. The first kappa shape index (κ1) is 71.2. The molecule has 3 fully saturated rings. The molecule has 19 heteroatoms. The topological polar surface area (TPSA) is 307 Å². The molecule has 1 amide bonds. The van der Waals surface area contributed by atoms with Crippen LogP contribution >= 0.6 is 0 Å². The van der Waals surface area contributed by atoms with Crippen molar-refractivity contribution in [2.24, 2.45) is 0 Å². The van der Waals surface area contributed by atoms with Crippen molar-refractivity contribution in [3.8, 4) is 0 Å². The number of hydrogen-bond donors (Lipinski definition) is 12. The number of nitrogens with one attached hydrogen (secondary N) is 1. The fourth-order valence-electron chi connectivity index (χ4n) is 9.51. The highest BCUT2D eigenvalue weighted by Crippen LogP contribution is 2.33. The van der Waals surface area contributed by atoms with Crippen LogP contribution in [-0.2, 0) is 33.2 Å². The van der Waals surface area contributed by atoms with Gasteiger partial charge in [0, 0.05) is 6.42 Å². The summed E-state index contributed by atoms with van der Waals surface area (Å²) in [6.07, 6.45) is 25.6. The monoisotopic (exact) mass is 1140 g/mol. The second-order valence-electron chi connectivity index (χ2n) is 21.1. The number of carbonyl (C=O) groups excluding carboxylic acids is 1. The van der Waals surface area contributed by atoms with Gasteiger partial charge in [-0.05, 0) is 83.5 Å². The standard InChI is InChI=1S/C61H103NO18/c1-3-5-7-9-11-13-15-17-19-21-22-23-25-27-29-31-33-35-37-39-49(67)62-44(45(66)38-36-34-32-30-28-26-24-20-18-16-14-12-10-8-6-4-2)43-75-59-55(73)52(70)57(47(41-64)77-59)80-61-56(74)53(71)58(48(42-65)78-61)79-60-54(72)51(69)50(68)46(40-63)76-60/h5,7,11,13,17-20,22-23,28,30,36,38,44-48,50-61,63-66,68-74H,3-4,6,8-10,12,14-16,21,24-27,29,31-35,37,39-43H2,1-2H3,(H,62,67)/b7-5-,13-11-,19-17-,20-18+,23-22-,30-28+,38-36+. The Kier molecular flexibility index (Phi) is 38.8. The Hall–Kier alpha value is -3.03. The molecule has 0 aromatic heterocycles. The summed E-state index contributed by atoms with van der Waals surface area (Å²) in [5.41, 5.74) is 0. The summed E-state index contributed by atoms with van der Waals surface area (Å²) in [6.45, 7) is 1.53. The predicted molar refractivity (Wildman–Crippen MR) is 304 cm³/mol. The van der Waals surface area contributed by atoms with Crippen LogP contribution in [0.1, 0.15) is 162 Å². The smallest absolute Gasteiger partial charge is 0.220 e. The highest BCUT2D eigenvalue weighted by atomic mass is 16.8. The molecule has 0 aromatic rings. The molecule has 0 bridgehead atoms. The van der Waals surface area contributed by atoms with Crippen LogP contribution in [0.2, 0.25) is 0 Å². The SMILES string of the molecule is CC/C=C\C/C=C\C/C=C\C/C=C\CCCCCCCCC(=O)NC(COC1OC(CO)C(OC2OC(CO)C(OC3OC(CO)C(O)C(O)C3O)C(O)C2O)C(O)C1O)C(O)/C=C/CC/C=C/CC/C=C/CCCCCCCC. The quantitative estimate of drug-likeness (QED) is 0.0276. The normalized spacial score (nSPS) is 30.6. The van der Waals surface area contributed by atoms with Gasteiger partial charge < -0.3 is 89.9 Å². The maximum absolute atomic E-state index is 13.3. The largest absolute Gasteiger partial charge is 0.394 e. The number of allylic oxidation sites excluding steroid dienone is 13. The highest BCUT2D eigenvalue weighted by Gasteiger charge is 2.53. The van der Waals surface area contributed by atoms with Crippen LogP contribution in [0, 0.1) is 0 Å². The van der Waals surface area contributed by atoms with Crippen LogP contribution in [0.15, 0.2) is 85.1 Å². The lowest BCUT2D eigenvalue weighted by Crippen LogP contribution is -2.66. The van der Waals surface area contributed by atoms with E-state index in [1.807, 2.05) is 6.08 Å². The summed E-state index contributed by atoms with van der Waals surface area (Å²) in [6, 6.07) is -1.01. The lowest BCUT2D eigenvalue weighted by molar-refractivity contribution is -0.379. The summed E-state index contributed by atoms with van der Waals surface area (Å²) in [7, 11) is 0. The van der Waals surface area contributed by atoms with E-state index in [2.05, 4.69) is 92.1 Å². The minimum atomic E-state index is -1.99. The van der Waals surface area contributed by atoms with Gasteiger partial charge in [0.15, 0.2) is 18.9 Å². The molecule has 17 atom stereocenters. The molecule has 0 saturated carbocycles. The summed E-state index contributed by atoms with van der Waals surface area (Å²) in [5.74, 6) is -0.309. The molecule has 80 heavy (non-hydrogen) atoms. The van der Waals surface area contributed by atoms with Gasteiger partial charge in [0.25, 0.3) is 0 Å². The van der Waals surface area contributed by atoms with Crippen molar-refractivity contribution in [1.29, 1.82) is 0 Å². The van der Waals surface area contributed by atoms with Gasteiger partial charge in [-0.1, -0.05) is 157 Å². The van der Waals surface area contributed by atoms with E-state index < -0.39 is 124 Å². The zero-order chi connectivity index (χ0) is 58.3. The van der Waals surface area contributed by atoms with E-state index in [9.17, 15) is 61.0 Å². The Balaban J connectivity index is 1.53. The maximum atomic E-state index is 13.3. The molecule has 12 N–H and O–H groups in total. The third-order valence-electron chi connectivity index (χ3n) is 14.4. The van der Waals surface area contributed by atoms with Gasteiger partial charge >= 0.3 is 0 Å². The van der Waals surface area contributed by atoms with Crippen molar-refractivity contribution in [3.63, 3.8) is 0 Å². The van der Waals surface area contributed by atoms with Crippen LogP contribution in [0.3, 0.4) is 0 Å². The first-order chi connectivity index (χ1) is 38.8. The van der Waals surface area contributed by atoms with E-state index >= 15 is 0 Å². The van der Waals surface area contributed by atoms with Crippen molar-refractivity contribution >= 4 is 5.91 Å². The van der Waals surface area contributed by atoms with Gasteiger partial charge in [0.2, 0.25) is 5.91 Å². The fourth-order valence-corrected chi connectivity index (χ4v) is 9.51. The van der Waals surface area contributed by atoms with E-state index in [0.29, 0.717) is 12.8 Å². The summed E-state index contributed by atoms with van der Waals surface area (Å²) in [4.78, 5) is 13.3. The number of hydrogen-bond acceptors (Lipinski definition) is 18. The molecular formula is C61H103NO18. The minimum absolute atomic E-state index is 0.211. The van der Waals surface area contributed by atoms with Gasteiger partial charge in [0.1, 0.15) is 73.2 Å². The zero-order valence-corrected chi connectivity index (χ0v) is 47.8. The van der Waals surface area contributed by atoms with Crippen molar-refractivity contribution < 1.29 is 89.4 Å². The minimum Gasteiger partial charge on any atom is -0.394 e. The van der Waals surface area contributed by atoms with E-state index in [1.54, 1.807) is 6.08 Å². The molecule has 19 nitrogen and oxygen atoms in total. The van der Waals surface area contributed by atoms with Crippen LogP contribution in [0.5, 0.6) is 0 Å². The molecule has 3 rings (SSSR count). The Bertz CT molecular complexity index is 1790. The van der Waals surface area contributed by atoms with Crippen LogP contribution < -0.4 is 5.32 Å². The number of ether oxygens (including phenoxy) is 6. The number of unbranched alkanes of at least 4 members (excludes halogenated alkanes) is 14. The van der Waals surface area contributed by atoms with Gasteiger partial charge in [0.05, 0.1) is 38.6 Å². The Morgan fingerprint density at radius 2 is 0.875 bits per heavy atom. The van der Waals surface area contributed by atoms with Gasteiger partial charge in [-0.2, -0.15) is 0 Å². The Labute approximate surface area is 476 Å². The molecule has 0 spiro atoms. The summed E-state index contributed by atoms with van der Waals surface area (Å²) < 4.78 is 34.2. The van der Waals surface area contributed by atoms with E-state index in [4.69, 9.17) is 28.4 Å². The fraction of sp³-hybridized carbons (Fsp3) is 0.754. The number of rotatable bonds is 42. The van der Waals surface area contributed by atoms with Crippen LogP contribution in [-0.4, -0.2) is 193 Å². The molecule has 0 aromatic carbocycles.